The zero-order valence-corrected chi connectivity index (χ0v) is 19.4. The van der Waals surface area contributed by atoms with Crippen molar-refractivity contribution in [2.24, 2.45) is 4.99 Å². The number of aromatic nitrogens is 1. The van der Waals surface area contributed by atoms with Gasteiger partial charge in [0.05, 0.1) is 13.7 Å². The molecule has 1 aromatic heterocycles. The predicted molar refractivity (Wildman–Crippen MR) is 130 cm³/mol. The first-order valence-corrected chi connectivity index (χ1v) is 9.56. The summed E-state index contributed by atoms with van der Waals surface area (Å²) in [7, 11) is 1.54. The zero-order valence-electron chi connectivity index (χ0n) is 17.1. The summed E-state index contributed by atoms with van der Waals surface area (Å²) in [6.45, 7) is 6.19. The third-order valence-corrected chi connectivity index (χ3v) is 4.70. The molecule has 0 saturated heterocycles. The molecule has 2 aromatic carbocycles. The highest BCUT2D eigenvalue weighted by molar-refractivity contribution is 14.0. The van der Waals surface area contributed by atoms with E-state index < -0.39 is 0 Å². The van der Waals surface area contributed by atoms with Crippen molar-refractivity contribution in [2.45, 2.75) is 26.8 Å². The molecule has 0 spiro atoms. The van der Waals surface area contributed by atoms with Gasteiger partial charge in [-0.25, -0.2) is 4.99 Å². The molecule has 0 unspecified atom stereocenters. The smallest absolute Gasteiger partial charge is 0.191 e. The van der Waals surface area contributed by atoms with Gasteiger partial charge in [-0.3, -0.25) is 0 Å². The molecule has 0 radical (unpaired) electrons. The van der Waals surface area contributed by atoms with Crippen LogP contribution in [-0.2, 0) is 13.0 Å². The van der Waals surface area contributed by atoms with Gasteiger partial charge in [-0.15, -0.1) is 24.0 Å². The fourth-order valence-corrected chi connectivity index (χ4v) is 3.31. The van der Waals surface area contributed by atoms with E-state index >= 15 is 0 Å². The van der Waals surface area contributed by atoms with Crippen molar-refractivity contribution in [3.8, 4) is 11.5 Å². The Bertz CT molecular complexity index is 969. The average Bonchev–Trinajstić information content (AvgIpc) is 3.01. The Morgan fingerprint density at radius 2 is 1.97 bits per heavy atom. The second-order valence-electron chi connectivity index (χ2n) is 6.65. The molecule has 0 aliphatic carbocycles. The lowest BCUT2D eigenvalue weighted by Crippen LogP contribution is -2.38. The topological polar surface area (TPSA) is 81.7 Å². The Balaban J connectivity index is 0.00000300. The van der Waals surface area contributed by atoms with Crippen LogP contribution in [0.5, 0.6) is 11.5 Å². The van der Waals surface area contributed by atoms with E-state index in [2.05, 4.69) is 45.7 Å². The van der Waals surface area contributed by atoms with Crippen LogP contribution < -0.4 is 15.4 Å². The first-order chi connectivity index (χ1) is 13.6. The van der Waals surface area contributed by atoms with Crippen molar-refractivity contribution < 1.29 is 9.84 Å². The van der Waals surface area contributed by atoms with Gasteiger partial charge in [-0.05, 0) is 49.6 Å². The number of aromatic hydroxyl groups is 1. The molecule has 156 valence electrons. The molecule has 0 aliphatic heterocycles. The number of hydrogen-bond acceptors (Lipinski definition) is 3. The molecule has 1 heterocycles. The number of hydrogen-bond donors (Lipinski definition) is 4. The zero-order chi connectivity index (χ0) is 19.9. The number of para-hydroxylation sites is 1. The van der Waals surface area contributed by atoms with Crippen LogP contribution in [0.3, 0.4) is 0 Å². The average molecular weight is 508 g/mol. The van der Waals surface area contributed by atoms with Crippen molar-refractivity contribution in [3.05, 3.63) is 59.3 Å². The number of aryl methyl sites for hydroxylation is 1. The number of rotatable bonds is 7. The monoisotopic (exact) mass is 508 g/mol. The van der Waals surface area contributed by atoms with E-state index in [9.17, 15) is 5.11 Å². The van der Waals surface area contributed by atoms with Crippen molar-refractivity contribution in [2.75, 3.05) is 20.2 Å². The van der Waals surface area contributed by atoms with E-state index in [0.717, 1.165) is 31.0 Å². The molecule has 0 bridgehead atoms. The van der Waals surface area contributed by atoms with Gasteiger partial charge in [0, 0.05) is 29.7 Å². The Kier molecular flexibility index (Phi) is 8.63. The molecule has 3 aromatic rings. The molecule has 4 N–H and O–H groups in total. The number of H-pyrrole nitrogens is 1. The standard InChI is InChI=1S/C22H28N4O2.HI/c1-4-23-22(25-14-16-9-10-21(28-3)20(27)13-16)24-12-11-17-15(2)26-19-8-6-5-7-18(17)19;/h5-10,13,26-27H,4,11-12,14H2,1-3H3,(H2,23,24,25);1H. The number of benzene rings is 2. The lowest BCUT2D eigenvalue weighted by Gasteiger charge is -2.12. The second kappa shape index (κ2) is 10.9. The molecular formula is C22H29IN4O2. The largest absolute Gasteiger partial charge is 0.504 e. The van der Waals surface area contributed by atoms with Crippen molar-refractivity contribution >= 4 is 40.8 Å². The van der Waals surface area contributed by atoms with Gasteiger partial charge in [0.25, 0.3) is 0 Å². The number of halogens is 1. The number of methoxy groups -OCH3 is 1. The number of aliphatic imine (C=N–C) groups is 1. The van der Waals surface area contributed by atoms with Crippen LogP contribution in [0.4, 0.5) is 0 Å². The summed E-state index contributed by atoms with van der Waals surface area (Å²) in [6.07, 6.45) is 0.906. The normalized spacial score (nSPS) is 11.2. The number of nitrogens with zero attached hydrogens (tertiary/aromatic N) is 1. The summed E-state index contributed by atoms with van der Waals surface area (Å²) in [5, 5.41) is 17.8. The number of fused-ring (bicyclic) bond motifs is 1. The summed E-state index contributed by atoms with van der Waals surface area (Å²) in [4.78, 5) is 8.06. The summed E-state index contributed by atoms with van der Waals surface area (Å²) in [5.41, 5.74) is 4.63. The quantitative estimate of drug-likeness (QED) is 0.220. The summed E-state index contributed by atoms with van der Waals surface area (Å²) in [5.74, 6) is 1.35. The van der Waals surface area contributed by atoms with Gasteiger partial charge < -0.3 is 25.5 Å². The van der Waals surface area contributed by atoms with Crippen molar-refractivity contribution in [1.29, 1.82) is 0 Å². The third kappa shape index (κ3) is 5.79. The summed E-state index contributed by atoms with van der Waals surface area (Å²) >= 11 is 0. The molecule has 3 rings (SSSR count). The van der Waals surface area contributed by atoms with Gasteiger partial charge in [0.1, 0.15) is 0 Å². The van der Waals surface area contributed by atoms with E-state index in [-0.39, 0.29) is 29.7 Å². The van der Waals surface area contributed by atoms with Crippen LogP contribution in [0.25, 0.3) is 10.9 Å². The number of nitrogens with one attached hydrogen (secondary N) is 3. The maximum Gasteiger partial charge on any atom is 0.191 e. The van der Waals surface area contributed by atoms with Crippen LogP contribution >= 0.6 is 24.0 Å². The molecule has 0 aliphatic rings. The predicted octanol–water partition coefficient (Wildman–Crippen LogP) is 4.11. The SMILES string of the molecule is CCNC(=NCc1ccc(OC)c(O)c1)NCCc1c(C)[nH]c2ccccc12.I. The fourth-order valence-electron chi connectivity index (χ4n) is 3.31. The highest BCUT2D eigenvalue weighted by Crippen LogP contribution is 2.26. The van der Waals surface area contributed by atoms with Gasteiger partial charge >= 0.3 is 0 Å². The highest BCUT2D eigenvalue weighted by Gasteiger charge is 2.08. The van der Waals surface area contributed by atoms with Crippen LogP contribution in [-0.4, -0.2) is 36.2 Å². The molecule has 0 amide bonds. The lowest BCUT2D eigenvalue weighted by molar-refractivity contribution is 0.373. The number of phenols is 1. The first-order valence-electron chi connectivity index (χ1n) is 9.56. The number of guanidine groups is 1. The van der Waals surface area contributed by atoms with Gasteiger partial charge in [0.15, 0.2) is 17.5 Å². The molecular weight excluding hydrogens is 479 g/mol. The van der Waals surface area contributed by atoms with E-state index in [1.165, 1.54) is 29.3 Å². The Labute approximate surface area is 188 Å². The van der Waals surface area contributed by atoms with E-state index in [0.29, 0.717) is 12.3 Å². The van der Waals surface area contributed by atoms with Crippen LogP contribution in [0, 0.1) is 6.92 Å². The molecule has 6 nitrogen and oxygen atoms in total. The molecule has 7 heteroatoms. The van der Waals surface area contributed by atoms with E-state index in [1.54, 1.807) is 12.1 Å². The molecule has 0 fully saturated rings. The number of ether oxygens (including phenoxy) is 1. The Hall–Kier alpha value is -2.42. The van der Waals surface area contributed by atoms with Crippen molar-refractivity contribution in [1.82, 2.24) is 15.6 Å². The molecule has 0 saturated carbocycles. The van der Waals surface area contributed by atoms with Gasteiger partial charge in [-0.1, -0.05) is 24.3 Å². The highest BCUT2D eigenvalue weighted by atomic mass is 127. The minimum Gasteiger partial charge on any atom is -0.504 e. The molecule has 29 heavy (non-hydrogen) atoms. The maximum atomic E-state index is 9.91. The second-order valence-corrected chi connectivity index (χ2v) is 6.65. The van der Waals surface area contributed by atoms with Crippen molar-refractivity contribution in [3.63, 3.8) is 0 Å². The maximum absolute atomic E-state index is 9.91. The van der Waals surface area contributed by atoms with Gasteiger partial charge in [-0.2, -0.15) is 0 Å². The Morgan fingerprint density at radius 1 is 1.17 bits per heavy atom. The fraction of sp³-hybridized carbons (Fsp3) is 0.318. The van der Waals surface area contributed by atoms with Gasteiger partial charge in [0.2, 0.25) is 0 Å². The summed E-state index contributed by atoms with van der Waals surface area (Å²) in [6, 6.07) is 13.7. The first kappa shape index (κ1) is 22.9. The lowest BCUT2D eigenvalue weighted by atomic mass is 10.1. The van der Waals surface area contributed by atoms with E-state index in [1.807, 2.05) is 19.1 Å². The van der Waals surface area contributed by atoms with E-state index in [4.69, 9.17) is 4.74 Å². The number of aromatic amines is 1. The van der Waals surface area contributed by atoms with Crippen LogP contribution in [0.1, 0.15) is 23.7 Å². The minimum atomic E-state index is 0. The Morgan fingerprint density at radius 3 is 2.69 bits per heavy atom. The number of phenolic OH excluding ortho intramolecular Hbond substituents is 1. The van der Waals surface area contributed by atoms with Crippen LogP contribution in [0.2, 0.25) is 0 Å². The third-order valence-electron chi connectivity index (χ3n) is 4.70. The minimum absolute atomic E-state index is 0. The summed E-state index contributed by atoms with van der Waals surface area (Å²) < 4.78 is 5.08. The molecule has 0 atom stereocenters. The van der Waals surface area contributed by atoms with Crippen LogP contribution in [0.15, 0.2) is 47.5 Å².